The molecular weight excluding hydrogens is 278 g/mol. The van der Waals surface area contributed by atoms with Crippen LogP contribution in [0.25, 0.3) is 0 Å². The SMILES string of the molecule is CC1OCCC1C(=O)NC[C@@H]1CCN(C)[C@H]1c1cccnc1. The molecule has 2 saturated heterocycles. The van der Waals surface area contributed by atoms with Crippen molar-refractivity contribution >= 4 is 5.91 Å². The molecule has 1 aromatic rings. The molecule has 0 aromatic carbocycles. The minimum Gasteiger partial charge on any atom is -0.378 e. The number of pyridine rings is 1. The highest BCUT2D eigenvalue weighted by atomic mass is 16.5. The fourth-order valence-electron chi connectivity index (χ4n) is 3.76. The van der Waals surface area contributed by atoms with E-state index in [4.69, 9.17) is 4.74 Å². The third kappa shape index (κ3) is 3.15. The molecule has 0 aliphatic carbocycles. The summed E-state index contributed by atoms with van der Waals surface area (Å²) in [6, 6.07) is 4.45. The van der Waals surface area contributed by atoms with Crippen LogP contribution in [0.15, 0.2) is 24.5 Å². The van der Waals surface area contributed by atoms with Crippen LogP contribution in [0.4, 0.5) is 0 Å². The lowest BCUT2D eigenvalue weighted by atomic mass is 9.94. The standard InChI is InChI=1S/C17H25N3O2/c1-12-15(6-9-22-12)17(21)19-11-14-5-8-20(2)16(14)13-4-3-7-18-10-13/h3-4,7,10,12,14-16H,5-6,8-9,11H2,1-2H3,(H,19,21)/t12?,14-,15?,16-/m0/s1. The van der Waals surface area contributed by atoms with Crippen molar-refractivity contribution in [3.05, 3.63) is 30.1 Å². The fraction of sp³-hybridized carbons (Fsp3) is 0.647. The van der Waals surface area contributed by atoms with E-state index >= 15 is 0 Å². The smallest absolute Gasteiger partial charge is 0.225 e. The van der Waals surface area contributed by atoms with Gasteiger partial charge in [0.25, 0.3) is 0 Å². The maximum atomic E-state index is 12.3. The maximum Gasteiger partial charge on any atom is 0.225 e. The normalized spacial score (nSPS) is 32.3. The Morgan fingerprint density at radius 1 is 1.50 bits per heavy atom. The number of aromatic nitrogens is 1. The summed E-state index contributed by atoms with van der Waals surface area (Å²) in [5.74, 6) is 0.594. The van der Waals surface area contributed by atoms with Crippen molar-refractivity contribution < 1.29 is 9.53 Å². The maximum absolute atomic E-state index is 12.3. The quantitative estimate of drug-likeness (QED) is 0.918. The van der Waals surface area contributed by atoms with Gasteiger partial charge in [0.1, 0.15) is 0 Å². The van der Waals surface area contributed by atoms with Gasteiger partial charge < -0.3 is 10.1 Å². The van der Waals surface area contributed by atoms with E-state index in [1.54, 1.807) is 6.20 Å². The minimum atomic E-state index is 0.0102. The third-order valence-electron chi connectivity index (χ3n) is 5.05. The molecule has 120 valence electrons. The second kappa shape index (κ2) is 6.75. The number of nitrogens with one attached hydrogen (secondary N) is 1. The van der Waals surface area contributed by atoms with Crippen molar-refractivity contribution in [3.8, 4) is 0 Å². The lowest BCUT2D eigenvalue weighted by molar-refractivity contribution is -0.126. The average molecular weight is 303 g/mol. The van der Waals surface area contributed by atoms with Crippen LogP contribution in [-0.2, 0) is 9.53 Å². The first-order valence-electron chi connectivity index (χ1n) is 8.16. The summed E-state index contributed by atoms with van der Waals surface area (Å²) >= 11 is 0. The number of hydrogen-bond donors (Lipinski definition) is 1. The van der Waals surface area contributed by atoms with E-state index in [0.29, 0.717) is 18.6 Å². The second-order valence-electron chi connectivity index (χ2n) is 6.48. The third-order valence-corrected chi connectivity index (χ3v) is 5.05. The first-order valence-corrected chi connectivity index (χ1v) is 8.16. The van der Waals surface area contributed by atoms with Gasteiger partial charge in [-0.05, 0) is 50.9 Å². The summed E-state index contributed by atoms with van der Waals surface area (Å²) in [4.78, 5) is 18.9. The zero-order valence-corrected chi connectivity index (χ0v) is 13.4. The number of hydrogen-bond acceptors (Lipinski definition) is 4. The predicted octanol–water partition coefficient (Wildman–Crippen LogP) is 1.62. The van der Waals surface area contributed by atoms with E-state index in [2.05, 4.69) is 28.3 Å². The largest absolute Gasteiger partial charge is 0.378 e. The molecule has 3 heterocycles. The number of ether oxygens (including phenoxy) is 1. The summed E-state index contributed by atoms with van der Waals surface area (Å²) in [7, 11) is 2.15. The van der Waals surface area contributed by atoms with Crippen LogP contribution in [-0.4, -0.2) is 48.6 Å². The summed E-state index contributed by atoms with van der Waals surface area (Å²) in [6.45, 7) is 4.47. The number of rotatable bonds is 4. The molecule has 2 fully saturated rings. The molecule has 2 unspecified atom stereocenters. The van der Waals surface area contributed by atoms with E-state index in [-0.39, 0.29) is 17.9 Å². The Kier molecular flexibility index (Phi) is 4.74. The number of amides is 1. The van der Waals surface area contributed by atoms with Crippen LogP contribution in [0, 0.1) is 11.8 Å². The van der Waals surface area contributed by atoms with Gasteiger partial charge in [-0.25, -0.2) is 0 Å². The van der Waals surface area contributed by atoms with Crippen molar-refractivity contribution in [2.24, 2.45) is 11.8 Å². The zero-order valence-electron chi connectivity index (χ0n) is 13.4. The molecule has 0 radical (unpaired) electrons. The molecule has 22 heavy (non-hydrogen) atoms. The lowest BCUT2D eigenvalue weighted by Crippen LogP contribution is -2.38. The Morgan fingerprint density at radius 2 is 2.36 bits per heavy atom. The zero-order chi connectivity index (χ0) is 15.5. The van der Waals surface area contributed by atoms with Crippen molar-refractivity contribution in [2.45, 2.75) is 31.9 Å². The molecule has 2 aliphatic heterocycles. The van der Waals surface area contributed by atoms with Crippen LogP contribution >= 0.6 is 0 Å². The van der Waals surface area contributed by atoms with E-state index < -0.39 is 0 Å². The van der Waals surface area contributed by atoms with Gasteiger partial charge in [-0.1, -0.05) is 6.07 Å². The molecule has 5 heteroatoms. The molecule has 3 rings (SSSR count). The van der Waals surface area contributed by atoms with Crippen molar-refractivity contribution in [2.75, 3.05) is 26.7 Å². The van der Waals surface area contributed by atoms with E-state index in [1.807, 2.05) is 19.2 Å². The molecule has 2 aliphatic rings. The highest BCUT2D eigenvalue weighted by molar-refractivity contribution is 5.79. The Balaban J connectivity index is 1.60. The molecule has 1 N–H and O–H groups in total. The highest BCUT2D eigenvalue weighted by Gasteiger charge is 2.35. The van der Waals surface area contributed by atoms with Gasteiger partial charge in [0, 0.05) is 31.6 Å². The number of carbonyl (C=O) groups is 1. The van der Waals surface area contributed by atoms with Gasteiger partial charge in [0.05, 0.1) is 12.0 Å². The van der Waals surface area contributed by atoms with Crippen LogP contribution in [0.5, 0.6) is 0 Å². The Bertz CT molecular complexity index is 508. The average Bonchev–Trinajstić information content (AvgIpc) is 3.11. The van der Waals surface area contributed by atoms with Crippen molar-refractivity contribution in [3.63, 3.8) is 0 Å². The molecule has 0 saturated carbocycles. The Morgan fingerprint density at radius 3 is 3.05 bits per heavy atom. The summed E-state index contributed by atoms with van der Waals surface area (Å²) in [6.07, 6.45) is 5.72. The molecule has 4 atom stereocenters. The number of likely N-dealkylation sites (tertiary alicyclic amines) is 1. The van der Waals surface area contributed by atoms with E-state index in [9.17, 15) is 4.79 Å². The van der Waals surface area contributed by atoms with E-state index in [0.717, 1.165) is 25.9 Å². The van der Waals surface area contributed by atoms with Crippen LogP contribution in [0.1, 0.15) is 31.4 Å². The van der Waals surface area contributed by atoms with Crippen molar-refractivity contribution in [1.29, 1.82) is 0 Å². The first kappa shape index (κ1) is 15.4. The second-order valence-corrected chi connectivity index (χ2v) is 6.48. The lowest BCUT2D eigenvalue weighted by Gasteiger charge is -2.26. The number of carbonyl (C=O) groups excluding carboxylic acids is 1. The molecule has 0 bridgehead atoms. The molecule has 5 nitrogen and oxygen atoms in total. The molecule has 1 amide bonds. The van der Waals surface area contributed by atoms with Gasteiger partial charge in [-0.15, -0.1) is 0 Å². The van der Waals surface area contributed by atoms with Gasteiger partial charge in [0.15, 0.2) is 0 Å². The molecule has 1 aromatic heterocycles. The number of nitrogens with zero attached hydrogens (tertiary/aromatic N) is 2. The first-order chi connectivity index (χ1) is 10.7. The fourth-order valence-corrected chi connectivity index (χ4v) is 3.76. The molecule has 0 spiro atoms. The van der Waals surface area contributed by atoms with Gasteiger partial charge in [-0.2, -0.15) is 0 Å². The summed E-state index contributed by atoms with van der Waals surface area (Å²) in [5.41, 5.74) is 1.24. The molecular formula is C17H25N3O2. The van der Waals surface area contributed by atoms with E-state index in [1.165, 1.54) is 5.56 Å². The Hall–Kier alpha value is -1.46. The monoisotopic (exact) mass is 303 g/mol. The highest BCUT2D eigenvalue weighted by Crippen LogP contribution is 2.35. The van der Waals surface area contributed by atoms with Gasteiger partial charge in [-0.3, -0.25) is 14.7 Å². The predicted molar refractivity (Wildman–Crippen MR) is 84.2 cm³/mol. The topological polar surface area (TPSA) is 54.5 Å². The van der Waals surface area contributed by atoms with Gasteiger partial charge >= 0.3 is 0 Å². The Labute approximate surface area is 132 Å². The van der Waals surface area contributed by atoms with Crippen LogP contribution in [0.2, 0.25) is 0 Å². The van der Waals surface area contributed by atoms with Crippen LogP contribution in [0.3, 0.4) is 0 Å². The summed E-state index contributed by atoms with van der Waals surface area (Å²) < 4.78 is 5.49. The minimum absolute atomic E-state index is 0.0102. The van der Waals surface area contributed by atoms with Crippen LogP contribution < -0.4 is 5.32 Å². The van der Waals surface area contributed by atoms with Crippen molar-refractivity contribution in [1.82, 2.24) is 15.2 Å². The van der Waals surface area contributed by atoms with Gasteiger partial charge in [0.2, 0.25) is 5.91 Å². The summed E-state index contributed by atoms with van der Waals surface area (Å²) in [5, 5.41) is 3.15.